The third-order valence-electron chi connectivity index (χ3n) is 3.21. The third-order valence-corrected chi connectivity index (χ3v) is 3.21. The highest BCUT2D eigenvalue weighted by Crippen LogP contribution is 2.28. The molecule has 0 unspecified atom stereocenters. The number of ether oxygens (including phenoxy) is 1. The second kappa shape index (κ2) is 5.14. The predicted molar refractivity (Wildman–Crippen MR) is 75.7 cm³/mol. The van der Waals surface area contributed by atoms with Crippen LogP contribution in [0.15, 0.2) is 18.3 Å². The number of aromatic nitrogens is 1. The van der Waals surface area contributed by atoms with E-state index in [0.717, 1.165) is 18.7 Å². The van der Waals surface area contributed by atoms with Crippen LogP contribution in [0.3, 0.4) is 0 Å². The molecule has 0 saturated carbocycles. The first-order valence-electron chi connectivity index (χ1n) is 6.78. The Bertz CT molecular complexity index is 496. The van der Waals surface area contributed by atoms with E-state index < -0.39 is 5.97 Å². The van der Waals surface area contributed by atoms with Gasteiger partial charge in [0.25, 0.3) is 0 Å². The van der Waals surface area contributed by atoms with Gasteiger partial charge in [-0.25, -0.2) is 9.78 Å². The van der Waals surface area contributed by atoms with Crippen LogP contribution in [0.25, 0.3) is 0 Å². The number of carboxylic acid groups (broad SMARTS) is 1. The van der Waals surface area contributed by atoms with E-state index in [1.54, 1.807) is 12.3 Å². The van der Waals surface area contributed by atoms with Gasteiger partial charge in [-0.2, -0.15) is 0 Å². The van der Waals surface area contributed by atoms with Gasteiger partial charge in [-0.1, -0.05) is 0 Å². The van der Waals surface area contributed by atoms with Crippen molar-refractivity contribution >= 4 is 5.97 Å². The summed E-state index contributed by atoms with van der Waals surface area (Å²) in [5.74, 6) is -0.991. The lowest BCUT2D eigenvalue weighted by atomic mass is 9.98. The van der Waals surface area contributed by atoms with Crippen LogP contribution >= 0.6 is 0 Å². The summed E-state index contributed by atoms with van der Waals surface area (Å²) >= 11 is 0. The van der Waals surface area contributed by atoms with Crippen molar-refractivity contribution in [2.45, 2.75) is 45.4 Å². The van der Waals surface area contributed by atoms with Gasteiger partial charge in [-0.3, -0.25) is 4.90 Å². The highest BCUT2D eigenvalue weighted by Gasteiger charge is 2.37. The molecule has 1 saturated heterocycles. The van der Waals surface area contributed by atoms with E-state index in [2.05, 4.69) is 37.6 Å². The molecule has 0 aliphatic carbocycles. The molecule has 20 heavy (non-hydrogen) atoms. The summed E-state index contributed by atoms with van der Waals surface area (Å²) in [6.07, 6.45) is 1.55. The number of hydrogen-bond acceptors (Lipinski definition) is 4. The van der Waals surface area contributed by atoms with E-state index in [4.69, 9.17) is 9.84 Å². The number of carboxylic acids is 1. The molecule has 0 spiro atoms. The Balaban J connectivity index is 2.13. The normalized spacial score (nSPS) is 21.6. The Labute approximate surface area is 119 Å². The number of nitrogens with zero attached hydrogens (tertiary/aromatic N) is 2. The molecule has 1 N–H and O–H groups in total. The average Bonchev–Trinajstić information content (AvgIpc) is 2.24. The molecule has 1 aliphatic rings. The molecule has 1 fully saturated rings. The molecule has 0 bridgehead atoms. The fraction of sp³-hybridized carbons (Fsp3) is 0.600. The molecular weight excluding hydrogens is 256 g/mol. The van der Waals surface area contributed by atoms with Crippen LogP contribution in [0.2, 0.25) is 0 Å². The van der Waals surface area contributed by atoms with Crippen molar-refractivity contribution in [2.75, 3.05) is 13.1 Å². The Morgan fingerprint density at radius 2 is 1.95 bits per heavy atom. The van der Waals surface area contributed by atoms with Crippen molar-refractivity contribution in [1.82, 2.24) is 9.88 Å². The van der Waals surface area contributed by atoms with Crippen LogP contribution in [0.1, 0.15) is 43.7 Å². The number of carbonyl (C=O) groups is 1. The number of pyridine rings is 1. The van der Waals surface area contributed by atoms with Gasteiger partial charge in [0.1, 0.15) is 5.69 Å². The molecule has 1 aromatic heterocycles. The average molecular weight is 278 g/mol. The standard InChI is InChI=1S/C15H22N2O3/c1-14(2)9-17(10-15(3,4)20-14)8-11-5-6-16-12(7-11)13(18)19/h5-7H,8-10H2,1-4H3,(H,18,19). The van der Waals surface area contributed by atoms with Crippen molar-refractivity contribution < 1.29 is 14.6 Å². The van der Waals surface area contributed by atoms with E-state index in [-0.39, 0.29) is 16.9 Å². The van der Waals surface area contributed by atoms with Gasteiger partial charge in [0.15, 0.2) is 0 Å². The Kier molecular flexibility index (Phi) is 3.84. The van der Waals surface area contributed by atoms with Gasteiger partial charge in [0, 0.05) is 25.8 Å². The zero-order valence-electron chi connectivity index (χ0n) is 12.5. The minimum atomic E-state index is -0.991. The highest BCUT2D eigenvalue weighted by molar-refractivity contribution is 5.85. The summed E-state index contributed by atoms with van der Waals surface area (Å²) in [7, 11) is 0. The van der Waals surface area contributed by atoms with Crippen molar-refractivity contribution in [3.8, 4) is 0 Å². The number of aromatic carboxylic acids is 1. The van der Waals surface area contributed by atoms with Crippen LogP contribution in [0.4, 0.5) is 0 Å². The first-order chi connectivity index (χ1) is 9.17. The Hall–Kier alpha value is -1.46. The minimum Gasteiger partial charge on any atom is -0.477 e. The summed E-state index contributed by atoms with van der Waals surface area (Å²) in [6.45, 7) is 10.7. The largest absolute Gasteiger partial charge is 0.477 e. The zero-order valence-corrected chi connectivity index (χ0v) is 12.5. The summed E-state index contributed by atoms with van der Waals surface area (Å²) in [6, 6.07) is 3.50. The molecule has 5 nitrogen and oxygen atoms in total. The number of hydrogen-bond donors (Lipinski definition) is 1. The predicted octanol–water partition coefficient (Wildman–Crippen LogP) is 2.17. The van der Waals surface area contributed by atoms with Crippen molar-refractivity contribution in [2.24, 2.45) is 0 Å². The Morgan fingerprint density at radius 1 is 1.35 bits per heavy atom. The lowest BCUT2D eigenvalue weighted by Crippen LogP contribution is -2.56. The first kappa shape index (κ1) is 14.9. The van der Waals surface area contributed by atoms with Crippen LogP contribution in [0.5, 0.6) is 0 Å². The van der Waals surface area contributed by atoms with Gasteiger partial charge in [0.2, 0.25) is 0 Å². The highest BCUT2D eigenvalue weighted by atomic mass is 16.5. The van der Waals surface area contributed by atoms with Crippen LogP contribution in [-0.2, 0) is 11.3 Å². The van der Waals surface area contributed by atoms with Crippen molar-refractivity contribution in [3.63, 3.8) is 0 Å². The van der Waals surface area contributed by atoms with Gasteiger partial charge >= 0.3 is 5.97 Å². The summed E-state index contributed by atoms with van der Waals surface area (Å²) in [5.41, 5.74) is 0.648. The number of morpholine rings is 1. The van der Waals surface area contributed by atoms with E-state index in [0.29, 0.717) is 6.54 Å². The zero-order chi connectivity index (χ0) is 15.0. The quantitative estimate of drug-likeness (QED) is 0.918. The molecule has 0 radical (unpaired) electrons. The molecule has 2 heterocycles. The topological polar surface area (TPSA) is 62.7 Å². The third kappa shape index (κ3) is 3.77. The summed E-state index contributed by atoms with van der Waals surface area (Å²) in [5, 5.41) is 8.99. The molecule has 1 aliphatic heterocycles. The lowest BCUT2D eigenvalue weighted by Gasteiger charge is -2.47. The summed E-state index contributed by atoms with van der Waals surface area (Å²) < 4.78 is 6.04. The molecule has 0 aromatic carbocycles. The van der Waals surface area contributed by atoms with E-state index in [1.165, 1.54) is 0 Å². The van der Waals surface area contributed by atoms with E-state index in [9.17, 15) is 4.79 Å². The smallest absolute Gasteiger partial charge is 0.354 e. The van der Waals surface area contributed by atoms with Crippen LogP contribution < -0.4 is 0 Å². The maximum atomic E-state index is 11.0. The Morgan fingerprint density at radius 3 is 2.50 bits per heavy atom. The van der Waals surface area contributed by atoms with E-state index >= 15 is 0 Å². The molecule has 1 aromatic rings. The summed E-state index contributed by atoms with van der Waals surface area (Å²) in [4.78, 5) is 17.1. The van der Waals surface area contributed by atoms with Crippen molar-refractivity contribution in [3.05, 3.63) is 29.6 Å². The van der Waals surface area contributed by atoms with Gasteiger partial charge in [-0.15, -0.1) is 0 Å². The minimum absolute atomic E-state index is 0.0919. The molecule has 110 valence electrons. The second-order valence-electron chi connectivity index (χ2n) is 6.62. The van der Waals surface area contributed by atoms with Gasteiger partial charge < -0.3 is 9.84 Å². The van der Waals surface area contributed by atoms with Gasteiger partial charge in [-0.05, 0) is 45.4 Å². The monoisotopic (exact) mass is 278 g/mol. The van der Waals surface area contributed by atoms with Crippen molar-refractivity contribution in [1.29, 1.82) is 0 Å². The second-order valence-corrected chi connectivity index (χ2v) is 6.62. The lowest BCUT2D eigenvalue weighted by molar-refractivity contribution is -0.182. The fourth-order valence-electron chi connectivity index (χ4n) is 3.01. The first-order valence-corrected chi connectivity index (χ1v) is 6.78. The maximum Gasteiger partial charge on any atom is 0.354 e. The number of rotatable bonds is 3. The SMILES string of the molecule is CC1(C)CN(Cc2ccnc(C(=O)O)c2)CC(C)(C)O1. The van der Waals surface area contributed by atoms with E-state index in [1.807, 2.05) is 6.07 Å². The van der Waals surface area contributed by atoms with Gasteiger partial charge in [0.05, 0.1) is 11.2 Å². The fourth-order valence-corrected chi connectivity index (χ4v) is 3.01. The van der Waals surface area contributed by atoms with Crippen LogP contribution in [0, 0.1) is 0 Å². The molecule has 2 rings (SSSR count). The molecule has 0 amide bonds. The molecule has 0 atom stereocenters. The molecule has 5 heteroatoms. The van der Waals surface area contributed by atoms with Crippen LogP contribution in [-0.4, -0.2) is 45.3 Å². The maximum absolute atomic E-state index is 11.0. The molecular formula is C15H22N2O3.